The number of aromatic nitrogens is 1. The molecule has 1 aromatic carbocycles. The van der Waals surface area contributed by atoms with Crippen LogP contribution in [0.1, 0.15) is 51.6 Å². The number of nitrogens with zero attached hydrogens (tertiary/aromatic N) is 3. The van der Waals surface area contributed by atoms with Gasteiger partial charge in [-0.05, 0) is 50.8 Å². The van der Waals surface area contributed by atoms with Crippen molar-refractivity contribution in [2.75, 3.05) is 6.54 Å². The summed E-state index contributed by atoms with van der Waals surface area (Å²) in [5, 5.41) is 14.4. The van der Waals surface area contributed by atoms with Crippen molar-refractivity contribution in [1.29, 1.82) is 5.26 Å². The van der Waals surface area contributed by atoms with Gasteiger partial charge in [0, 0.05) is 29.9 Å². The van der Waals surface area contributed by atoms with Crippen LogP contribution >= 0.6 is 0 Å². The Kier molecular flexibility index (Phi) is 4.89. The summed E-state index contributed by atoms with van der Waals surface area (Å²) >= 11 is 0. The second-order valence-corrected chi connectivity index (χ2v) is 9.35. The lowest BCUT2D eigenvalue weighted by Crippen LogP contribution is -2.48. The smallest absolute Gasteiger partial charge is 0.410 e. The Hall–Kier alpha value is -3.14. The van der Waals surface area contributed by atoms with E-state index in [9.17, 15) is 14.9 Å². The van der Waals surface area contributed by atoms with Crippen LogP contribution in [-0.2, 0) is 9.53 Å². The van der Waals surface area contributed by atoms with E-state index in [0.717, 1.165) is 23.6 Å². The molecule has 1 aliphatic carbocycles. The summed E-state index contributed by atoms with van der Waals surface area (Å²) in [5.74, 6) is -0.330. The minimum atomic E-state index is -0.854. The molecule has 2 heterocycles. The summed E-state index contributed by atoms with van der Waals surface area (Å²) < 4.78 is 5.53. The third kappa shape index (κ3) is 3.95. The summed E-state index contributed by atoms with van der Waals surface area (Å²) in [5.41, 5.74) is 0.0235. The highest BCUT2D eigenvalue weighted by atomic mass is 16.6. The predicted molar refractivity (Wildman–Crippen MR) is 111 cm³/mol. The number of hydrogen-bond donors (Lipinski definition) is 1. The molecule has 30 heavy (non-hydrogen) atoms. The number of nitriles is 1. The molecule has 1 spiro atoms. The largest absolute Gasteiger partial charge is 0.444 e. The number of carbonyl (C=O) groups excluding carboxylic acids is 2. The number of fused-ring (bicyclic) bond motifs is 1. The van der Waals surface area contributed by atoms with E-state index < -0.39 is 23.8 Å². The Morgan fingerprint density at radius 1 is 1.30 bits per heavy atom. The van der Waals surface area contributed by atoms with Crippen LogP contribution in [0.15, 0.2) is 36.7 Å². The molecule has 156 valence electrons. The first kappa shape index (κ1) is 20.1. The number of pyridine rings is 1. The summed E-state index contributed by atoms with van der Waals surface area (Å²) in [6, 6.07) is 8.30. The van der Waals surface area contributed by atoms with Gasteiger partial charge in [0.2, 0.25) is 5.91 Å². The third-order valence-electron chi connectivity index (χ3n) is 5.82. The Bertz CT molecular complexity index is 1030. The number of benzene rings is 1. The summed E-state index contributed by atoms with van der Waals surface area (Å²) in [6.07, 6.45) is 5.47. The molecule has 2 aromatic rings. The van der Waals surface area contributed by atoms with Crippen molar-refractivity contribution in [3.8, 4) is 6.07 Å². The first-order valence-electron chi connectivity index (χ1n) is 10.2. The molecule has 1 N–H and O–H groups in total. The van der Waals surface area contributed by atoms with Gasteiger partial charge in [0.05, 0.1) is 6.07 Å². The van der Waals surface area contributed by atoms with E-state index in [2.05, 4.69) is 16.4 Å². The highest BCUT2D eigenvalue weighted by Crippen LogP contribution is 2.55. The second kappa shape index (κ2) is 7.28. The summed E-state index contributed by atoms with van der Waals surface area (Å²) in [4.78, 5) is 31.7. The Morgan fingerprint density at radius 2 is 2.03 bits per heavy atom. The highest BCUT2D eigenvalue weighted by molar-refractivity contribution is 5.89. The number of amides is 2. The monoisotopic (exact) mass is 406 g/mol. The molecule has 1 saturated carbocycles. The van der Waals surface area contributed by atoms with Crippen LogP contribution in [0, 0.1) is 16.7 Å². The standard InChI is InChI=1S/C23H26N4O3/c1-22(2,3)30-21(29)27-14-23(8-9-23)10-19(27)20(28)26-18(11-24)17-13-25-12-15-6-4-5-7-16(15)17/h4-7,12-13,18-19H,8-10,14H2,1-3H3,(H,26,28)/t18?,19-/m0/s1. The maximum atomic E-state index is 13.2. The van der Waals surface area contributed by atoms with Crippen LogP contribution < -0.4 is 5.32 Å². The maximum absolute atomic E-state index is 13.2. The molecule has 2 aliphatic rings. The Labute approximate surface area is 176 Å². The average molecular weight is 406 g/mol. The van der Waals surface area contributed by atoms with Crippen molar-refractivity contribution in [1.82, 2.24) is 15.2 Å². The van der Waals surface area contributed by atoms with Crippen molar-refractivity contribution < 1.29 is 14.3 Å². The fraction of sp³-hybridized carbons (Fsp3) is 0.478. The maximum Gasteiger partial charge on any atom is 0.410 e. The van der Waals surface area contributed by atoms with Crippen molar-refractivity contribution in [2.24, 2.45) is 5.41 Å². The number of ether oxygens (including phenoxy) is 1. The van der Waals surface area contributed by atoms with E-state index in [1.165, 1.54) is 4.90 Å². The third-order valence-corrected chi connectivity index (χ3v) is 5.82. The van der Waals surface area contributed by atoms with Gasteiger partial charge < -0.3 is 10.1 Å². The molecule has 7 nitrogen and oxygen atoms in total. The van der Waals surface area contributed by atoms with Crippen LogP contribution in [0.4, 0.5) is 4.79 Å². The molecule has 0 radical (unpaired) electrons. The van der Waals surface area contributed by atoms with E-state index in [-0.39, 0.29) is 11.3 Å². The van der Waals surface area contributed by atoms with Crippen molar-refractivity contribution in [2.45, 2.75) is 57.7 Å². The van der Waals surface area contributed by atoms with Gasteiger partial charge in [0.25, 0.3) is 0 Å². The second-order valence-electron chi connectivity index (χ2n) is 9.35. The number of likely N-dealkylation sites (tertiary alicyclic amines) is 1. The molecule has 1 unspecified atom stereocenters. The first-order chi connectivity index (χ1) is 14.2. The molecule has 4 rings (SSSR count). The lowest BCUT2D eigenvalue weighted by Gasteiger charge is -2.28. The van der Waals surface area contributed by atoms with Gasteiger partial charge in [-0.1, -0.05) is 24.3 Å². The fourth-order valence-corrected chi connectivity index (χ4v) is 4.13. The SMILES string of the molecule is CC(C)(C)OC(=O)N1CC2(CC2)C[C@H]1C(=O)NC(C#N)c1cncc2ccccc12. The average Bonchev–Trinajstić information content (AvgIpc) is 3.34. The van der Waals surface area contributed by atoms with Gasteiger partial charge >= 0.3 is 6.09 Å². The lowest BCUT2D eigenvalue weighted by molar-refractivity contribution is -0.125. The normalized spacial score (nSPS) is 20.6. The topological polar surface area (TPSA) is 95.3 Å². The van der Waals surface area contributed by atoms with Gasteiger partial charge in [-0.3, -0.25) is 14.7 Å². The zero-order valence-corrected chi connectivity index (χ0v) is 17.5. The lowest BCUT2D eigenvalue weighted by atomic mass is 10.0. The molecule has 1 aliphatic heterocycles. The summed E-state index contributed by atoms with van der Waals surface area (Å²) in [6.45, 7) is 5.94. The van der Waals surface area contributed by atoms with Crippen LogP contribution in [0.2, 0.25) is 0 Å². The van der Waals surface area contributed by atoms with E-state index in [0.29, 0.717) is 18.5 Å². The number of carbonyl (C=O) groups is 2. The Morgan fingerprint density at radius 3 is 2.70 bits per heavy atom. The molecule has 7 heteroatoms. The van der Waals surface area contributed by atoms with E-state index in [4.69, 9.17) is 4.74 Å². The van der Waals surface area contributed by atoms with Gasteiger partial charge in [0.1, 0.15) is 17.7 Å². The minimum Gasteiger partial charge on any atom is -0.444 e. The van der Waals surface area contributed by atoms with E-state index in [1.54, 1.807) is 12.4 Å². The van der Waals surface area contributed by atoms with Crippen LogP contribution in [0.25, 0.3) is 10.8 Å². The number of nitrogens with one attached hydrogen (secondary N) is 1. The van der Waals surface area contributed by atoms with Gasteiger partial charge in [-0.2, -0.15) is 5.26 Å². The molecular weight excluding hydrogens is 380 g/mol. The number of rotatable bonds is 3. The van der Waals surface area contributed by atoms with Crippen LogP contribution in [0.3, 0.4) is 0 Å². The van der Waals surface area contributed by atoms with Crippen molar-refractivity contribution in [3.63, 3.8) is 0 Å². The zero-order valence-electron chi connectivity index (χ0n) is 17.5. The molecule has 2 amide bonds. The predicted octanol–water partition coefficient (Wildman–Crippen LogP) is 3.71. The van der Waals surface area contributed by atoms with E-state index >= 15 is 0 Å². The molecular formula is C23H26N4O3. The molecule has 2 fully saturated rings. The van der Waals surface area contributed by atoms with E-state index in [1.807, 2.05) is 45.0 Å². The molecule has 1 aromatic heterocycles. The molecule has 2 atom stereocenters. The molecule has 1 saturated heterocycles. The Balaban J connectivity index is 1.56. The van der Waals surface area contributed by atoms with Crippen molar-refractivity contribution >= 4 is 22.8 Å². The fourth-order valence-electron chi connectivity index (χ4n) is 4.13. The van der Waals surface area contributed by atoms with Gasteiger partial charge in [0.15, 0.2) is 0 Å². The highest BCUT2D eigenvalue weighted by Gasteiger charge is 2.56. The van der Waals surface area contributed by atoms with Crippen LogP contribution in [0.5, 0.6) is 0 Å². The van der Waals surface area contributed by atoms with Gasteiger partial charge in [-0.15, -0.1) is 0 Å². The quantitative estimate of drug-likeness (QED) is 0.838. The van der Waals surface area contributed by atoms with Crippen molar-refractivity contribution in [3.05, 3.63) is 42.2 Å². The number of hydrogen-bond acceptors (Lipinski definition) is 5. The van der Waals surface area contributed by atoms with Gasteiger partial charge in [-0.25, -0.2) is 4.79 Å². The first-order valence-corrected chi connectivity index (χ1v) is 10.2. The zero-order chi connectivity index (χ0) is 21.5. The minimum absolute atomic E-state index is 0.0159. The molecule has 0 bridgehead atoms. The summed E-state index contributed by atoms with van der Waals surface area (Å²) in [7, 11) is 0. The van der Waals surface area contributed by atoms with Crippen LogP contribution in [-0.4, -0.2) is 40.1 Å².